The van der Waals surface area contributed by atoms with Gasteiger partial charge in [0.1, 0.15) is 5.56 Å². The summed E-state index contributed by atoms with van der Waals surface area (Å²) in [6.07, 6.45) is 1.52. The largest absolute Gasteiger partial charge is 0.477 e. The molecular weight excluding hydrogens is 269 g/mol. The summed E-state index contributed by atoms with van der Waals surface area (Å²) in [5.74, 6) is -0.366. The van der Waals surface area contributed by atoms with Crippen molar-refractivity contribution in [1.82, 2.24) is 9.97 Å². The summed E-state index contributed by atoms with van der Waals surface area (Å²) in [6, 6.07) is 5.93. The Bertz CT molecular complexity index is 544. The van der Waals surface area contributed by atoms with Crippen LogP contribution in [0.25, 0.3) is 0 Å². The Morgan fingerprint density at radius 1 is 1.05 bits per heavy atom. The van der Waals surface area contributed by atoms with Gasteiger partial charge >= 0.3 is 6.18 Å². The summed E-state index contributed by atoms with van der Waals surface area (Å²) in [5, 5.41) is 0. The van der Waals surface area contributed by atoms with Gasteiger partial charge in [-0.2, -0.15) is 13.2 Å². The summed E-state index contributed by atoms with van der Waals surface area (Å²) in [7, 11) is 0. The lowest BCUT2D eigenvalue weighted by Crippen LogP contribution is -2.10. The van der Waals surface area contributed by atoms with E-state index in [2.05, 4.69) is 9.97 Å². The molecule has 0 fully saturated rings. The van der Waals surface area contributed by atoms with Gasteiger partial charge in [-0.1, -0.05) is 0 Å². The molecule has 3 nitrogen and oxygen atoms in total. The maximum absolute atomic E-state index is 12.7. The Kier molecular flexibility index (Phi) is 4.55. The number of aromatic nitrogens is 2. The summed E-state index contributed by atoms with van der Waals surface area (Å²) < 4.78 is 43.2. The van der Waals surface area contributed by atoms with Crippen LogP contribution < -0.4 is 4.74 Å². The van der Waals surface area contributed by atoms with Crippen LogP contribution in [0.15, 0.2) is 42.9 Å². The number of pyridine rings is 2. The Balaban J connectivity index is 1.89. The van der Waals surface area contributed by atoms with Crippen LogP contribution >= 0.6 is 0 Å². The van der Waals surface area contributed by atoms with Crippen LogP contribution in [-0.4, -0.2) is 16.6 Å². The Labute approximate surface area is 114 Å². The van der Waals surface area contributed by atoms with Gasteiger partial charge in [-0.15, -0.1) is 0 Å². The normalized spacial score (nSPS) is 11.3. The zero-order chi connectivity index (χ0) is 14.4. The number of rotatable bonds is 5. The first kappa shape index (κ1) is 14.3. The minimum Gasteiger partial charge on any atom is -0.477 e. The first-order valence-electron chi connectivity index (χ1n) is 6.11. The molecule has 0 aliphatic rings. The molecule has 0 atom stereocenters. The maximum atomic E-state index is 12.7. The smallest absolute Gasteiger partial charge is 0.421 e. The van der Waals surface area contributed by atoms with E-state index >= 15 is 0 Å². The zero-order valence-electron chi connectivity index (χ0n) is 10.6. The molecule has 0 saturated carbocycles. The van der Waals surface area contributed by atoms with Gasteiger partial charge in [-0.25, -0.2) is 4.98 Å². The van der Waals surface area contributed by atoms with Gasteiger partial charge in [0, 0.05) is 18.6 Å². The summed E-state index contributed by atoms with van der Waals surface area (Å²) >= 11 is 0. The highest BCUT2D eigenvalue weighted by Gasteiger charge is 2.34. The molecule has 2 rings (SSSR count). The van der Waals surface area contributed by atoms with Crippen molar-refractivity contribution in [1.29, 1.82) is 0 Å². The van der Waals surface area contributed by atoms with Crippen molar-refractivity contribution in [2.75, 3.05) is 6.61 Å². The van der Waals surface area contributed by atoms with Crippen LogP contribution in [0, 0.1) is 0 Å². The molecule has 0 saturated heterocycles. The molecule has 6 heteroatoms. The lowest BCUT2D eigenvalue weighted by molar-refractivity contribution is -0.139. The van der Waals surface area contributed by atoms with E-state index in [1.807, 2.05) is 12.1 Å². The molecular formula is C14H13F3N2O. The van der Waals surface area contributed by atoms with Crippen molar-refractivity contribution < 1.29 is 17.9 Å². The van der Waals surface area contributed by atoms with E-state index in [0.29, 0.717) is 6.42 Å². The summed E-state index contributed by atoms with van der Waals surface area (Å²) in [4.78, 5) is 7.53. The van der Waals surface area contributed by atoms with E-state index in [1.54, 1.807) is 12.4 Å². The molecule has 20 heavy (non-hydrogen) atoms. The van der Waals surface area contributed by atoms with Crippen LogP contribution in [0.1, 0.15) is 17.5 Å². The third kappa shape index (κ3) is 3.94. The van der Waals surface area contributed by atoms with Crippen molar-refractivity contribution in [2.45, 2.75) is 19.0 Å². The minimum atomic E-state index is -4.45. The van der Waals surface area contributed by atoms with Crippen LogP contribution in [0.3, 0.4) is 0 Å². The Morgan fingerprint density at radius 3 is 2.50 bits per heavy atom. The number of alkyl halides is 3. The fourth-order valence-corrected chi connectivity index (χ4v) is 1.72. The standard InChI is InChI=1S/C14H13F3N2O/c15-14(16,17)12-4-1-7-19-13(12)20-10-2-3-11-5-8-18-9-6-11/h1,4-9H,2-3,10H2. The number of ether oxygens (including phenoxy) is 1. The van der Waals surface area contributed by atoms with Gasteiger partial charge in [-0.05, 0) is 42.7 Å². The number of hydrogen-bond acceptors (Lipinski definition) is 3. The monoisotopic (exact) mass is 282 g/mol. The molecule has 0 aliphatic carbocycles. The average Bonchev–Trinajstić information content (AvgIpc) is 2.44. The molecule has 0 unspecified atom stereocenters. The number of hydrogen-bond donors (Lipinski definition) is 0. The third-order valence-electron chi connectivity index (χ3n) is 2.67. The van der Waals surface area contributed by atoms with Crippen LogP contribution in [0.5, 0.6) is 5.88 Å². The highest BCUT2D eigenvalue weighted by Crippen LogP contribution is 2.34. The molecule has 0 bridgehead atoms. The lowest BCUT2D eigenvalue weighted by Gasteiger charge is -2.12. The summed E-state index contributed by atoms with van der Waals surface area (Å²) in [5.41, 5.74) is 0.226. The van der Waals surface area contributed by atoms with E-state index < -0.39 is 11.7 Å². The second-order valence-electron chi connectivity index (χ2n) is 4.16. The summed E-state index contributed by atoms with van der Waals surface area (Å²) in [6.45, 7) is 0.183. The zero-order valence-corrected chi connectivity index (χ0v) is 10.6. The second-order valence-corrected chi connectivity index (χ2v) is 4.16. The van der Waals surface area contributed by atoms with Crippen LogP contribution in [0.2, 0.25) is 0 Å². The fourth-order valence-electron chi connectivity index (χ4n) is 1.72. The van der Waals surface area contributed by atoms with Crippen LogP contribution in [0.4, 0.5) is 13.2 Å². The lowest BCUT2D eigenvalue weighted by atomic mass is 10.1. The van der Waals surface area contributed by atoms with Gasteiger partial charge < -0.3 is 4.74 Å². The first-order chi connectivity index (χ1) is 9.57. The van der Waals surface area contributed by atoms with Crippen molar-refractivity contribution in [2.24, 2.45) is 0 Å². The quantitative estimate of drug-likeness (QED) is 0.787. The van der Waals surface area contributed by atoms with Crippen LogP contribution in [-0.2, 0) is 12.6 Å². The highest BCUT2D eigenvalue weighted by molar-refractivity contribution is 5.28. The molecule has 0 N–H and O–H groups in total. The molecule has 2 aromatic heterocycles. The number of nitrogens with zero attached hydrogens (tertiary/aromatic N) is 2. The van der Waals surface area contributed by atoms with Crippen molar-refractivity contribution in [3.05, 3.63) is 54.0 Å². The second kappa shape index (κ2) is 6.36. The van der Waals surface area contributed by atoms with E-state index in [-0.39, 0.29) is 12.5 Å². The number of halogens is 3. The van der Waals surface area contributed by atoms with E-state index in [1.165, 1.54) is 12.3 Å². The third-order valence-corrected chi connectivity index (χ3v) is 2.67. The van der Waals surface area contributed by atoms with E-state index in [9.17, 15) is 13.2 Å². The molecule has 0 spiro atoms. The first-order valence-corrected chi connectivity index (χ1v) is 6.11. The SMILES string of the molecule is FC(F)(F)c1cccnc1OCCCc1ccncc1. The van der Waals surface area contributed by atoms with Gasteiger partial charge in [0.15, 0.2) is 0 Å². The minimum absolute atomic E-state index is 0.183. The van der Waals surface area contributed by atoms with Gasteiger partial charge in [0.2, 0.25) is 5.88 Å². The molecule has 0 aromatic carbocycles. The van der Waals surface area contributed by atoms with Crippen molar-refractivity contribution in [3.63, 3.8) is 0 Å². The van der Waals surface area contributed by atoms with E-state index in [0.717, 1.165) is 18.1 Å². The molecule has 0 radical (unpaired) electrons. The fraction of sp³-hybridized carbons (Fsp3) is 0.286. The van der Waals surface area contributed by atoms with Gasteiger partial charge in [0.05, 0.1) is 6.61 Å². The van der Waals surface area contributed by atoms with Crippen molar-refractivity contribution in [3.8, 4) is 5.88 Å². The Morgan fingerprint density at radius 2 is 1.80 bits per heavy atom. The van der Waals surface area contributed by atoms with Crippen molar-refractivity contribution >= 4 is 0 Å². The molecule has 2 aromatic rings. The Hall–Kier alpha value is -2.11. The molecule has 106 valence electrons. The molecule has 0 amide bonds. The maximum Gasteiger partial charge on any atom is 0.421 e. The van der Waals surface area contributed by atoms with Gasteiger partial charge in [-0.3, -0.25) is 4.98 Å². The highest BCUT2D eigenvalue weighted by atomic mass is 19.4. The van der Waals surface area contributed by atoms with Gasteiger partial charge in [0.25, 0.3) is 0 Å². The predicted molar refractivity (Wildman–Crippen MR) is 67.3 cm³/mol. The topological polar surface area (TPSA) is 35.0 Å². The molecule has 0 aliphatic heterocycles. The number of aryl methyl sites for hydroxylation is 1. The predicted octanol–water partition coefficient (Wildman–Crippen LogP) is 3.51. The molecule has 2 heterocycles. The average molecular weight is 282 g/mol. The van der Waals surface area contributed by atoms with E-state index in [4.69, 9.17) is 4.74 Å².